The van der Waals surface area contributed by atoms with Crippen LogP contribution in [0.4, 0.5) is 5.82 Å². The van der Waals surface area contributed by atoms with Crippen LogP contribution < -0.4 is 5.32 Å². The highest BCUT2D eigenvalue weighted by Gasteiger charge is 2.23. The molecule has 4 rings (SSSR count). The maximum atomic E-state index is 6.07. The number of hydrogen-bond donors (Lipinski definition) is 1. The Morgan fingerprint density at radius 3 is 2.67 bits per heavy atom. The summed E-state index contributed by atoms with van der Waals surface area (Å²) in [5.41, 5.74) is 2.89. The third kappa shape index (κ3) is 2.34. The van der Waals surface area contributed by atoms with Gasteiger partial charge in [-0.15, -0.1) is 0 Å². The largest absolute Gasteiger partial charge is 0.367 e. The molecular weight excluding hydrogens is 286 g/mol. The SMILES string of the molecule is Cc1ccc(-n2ncc3c(NC4CC4)nc(Cl)nc32)cc1. The molecule has 0 saturated heterocycles. The van der Waals surface area contributed by atoms with Gasteiger partial charge in [0.2, 0.25) is 5.28 Å². The van der Waals surface area contributed by atoms with Crippen LogP contribution in [0.2, 0.25) is 5.28 Å². The van der Waals surface area contributed by atoms with E-state index in [1.54, 1.807) is 10.9 Å². The number of fused-ring (bicyclic) bond motifs is 1. The molecule has 6 heteroatoms. The normalized spacial score (nSPS) is 14.6. The fourth-order valence-corrected chi connectivity index (χ4v) is 2.45. The van der Waals surface area contributed by atoms with Gasteiger partial charge in [-0.05, 0) is 43.5 Å². The Kier molecular flexibility index (Phi) is 2.82. The molecule has 0 amide bonds. The van der Waals surface area contributed by atoms with Gasteiger partial charge in [0.25, 0.3) is 0 Å². The van der Waals surface area contributed by atoms with Crippen LogP contribution in [0.25, 0.3) is 16.7 Å². The molecule has 0 bridgehead atoms. The van der Waals surface area contributed by atoms with E-state index in [4.69, 9.17) is 11.6 Å². The lowest BCUT2D eigenvalue weighted by molar-refractivity contribution is 0.894. The molecule has 0 atom stereocenters. The van der Waals surface area contributed by atoms with E-state index in [0.29, 0.717) is 6.04 Å². The summed E-state index contributed by atoms with van der Waals surface area (Å²) in [5, 5.41) is 8.96. The summed E-state index contributed by atoms with van der Waals surface area (Å²) in [7, 11) is 0. The van der Waals surface area contributed by atoms with Crippen LogP contribution in [0.1, 0.15) is 18.4 Å². The number of aromatic nitrogens is 4. The highest BCUT2D eigenvalue weighted by atomic mass is 35.5. The molecule has 2 aromatic heterocycles. The molecule has 0 aliphatic heterocycles. The minimum Gasteiger partial charge on any atom is -0.367 e. The van der Waals surface area contributed by atoms with Crippen molar-refractivity contribution in [3.8, 4) is 5.69 Å². The first-order valence-electron chi connectivity index (χ1n) is 6.95. The highest BCUT2D eigenvalue weighted by Crippen LogP contribution is 2.29. The second-order valence-corrected chi connectivity index (χ2v) is 5.73. The van der Waals surface area contributed by atoms with Crippen molar-refractivity contribution in [1.82, 2.24) is 19.7 Å². The van der Waals surface area contributed by atoms with Crippen molar-refractivity contribution >= 4 is 28.5 Å². The van der Waals surface area contributed by atoms with E-state index in [0.717, 1.165) is 22.5 Å². The van der Waals surface area contributed by atoms with Crippen molar-refractivity contribution < 1.29 is 0 Å². The Balaban J connectivity index is 1.86. The first-order chi connectivity index (χ1) is 10.2. The third-order valence-corrected chi connectivity index (χ3v) is 3.77. The van der Waals surface area contributed by atoms with Gasteiger partial charge in [0.1, 0.15) is 5.82 Å². The van der Waals surface area contributed by atoms with Gasteiger partial charge in [0.15, 0.2) is 5.65 Å². The number of aryl methyl sites for hydroxylation is 1. The smallest absolute Gasteiger partial charge is 0.226 e. The Morgan fingerprint density at radius 1 is 1.19 bits per heavy atom. The third-order valence-electron chi connectivity index (χ3n) is 3.60. The van der Waals surface area contributed by atoms with Crippen molar-refractivity contribution in [3.63, 3.8) is 0 Å². The molecule has 1 aliphatic rings. The van der Waals surface area contributed by atoms with E-state index >= 15 is 0 Å². The van der Waals surface area contributed by atoms with Crippen LogP contribution >= 0.6 is 11.6 Å². The summed E-state index contributed by atoms with van der Waals surface area (Å²) in [6, 6.07) is 8.64. The Bertz CT molecular complexity index is 805. The fraction of sp³-hybridized carbons (Fsp3) is 0.267. The number of anilines is 1. The van der Waals surface area contributed by atoms with Crippen molar-refractivity contribution in [1.29, 1.82) is 0 Å². The number of nitrogens with one attached hydrogen (secondary N) is 1. The predicted molar refractivity (Wildman–Crippen MR) is 83.1 cm³/mol. The van der Waals surface area contributed by atoms with Gasteiger partial charge in [0.05, 0.1) is 17.3 Å². The first-order valence-corrected chi connectivity index (χ1v) is 7.33. The van der Waals surface area contributed by atoms with Gasteiger partial charge in [0, 0.05) is 6.04 Å². The summed E-state index contributed by atoms with van der Waals surface area (Å²) in [6.07, 6.45) is 4.14. The fourth-order valence-electron chi connectivity index (χ4n) is 2.29. The maximum Gasteiger partial charge on any atom is 0.226 e. The molecule has 106 valence electrons. The minimum absolute atomic E-state index is 0.236. The second-order valence-electron chi connectivity index (χ2n) is 5.39. The molecule has 1 N–H and O–H groups in total. The van der Waals surface area contributed by atoms with Gasteiger partial charge in [-0.3, -0.25) is 0 Å². The lowest BCUT2D eigenvalue weighted by Gasteiger charge is -2.07. The van der Waals surface area contributed by atoms with Crippen LogP contribution in [0.3, 0.4) is 0 Å². The molecule has 1 fully saturated rings. The molecule has 21 heavy (non-hydrogen) atoms. The van der Waals surface area contributed by atoms with E-state index in [9.17, 15) is 0 Å². The van der Waals surface area contributed by atoms with Crippen molar-refractivity contribution in [2.24, 2.45) is 0 Å². The van der Waals surface area contributed by atoms with Crippen molar-refractivity contribution in [2.75, 3.05) is 5.32 Å². The quantitative estimate of drug-likeness (QED) is 0.754. The maximum absolute atomic E-state index is 6.07. The van der Waals surface area contributed by atoms with Crippen LogP contribution in [0.5, 0.6) is 0 Å². The summed E-state index contributed by atoms with van der Waals surface area (Å²) in [4.78, 5) is 8.63. The second kappa shape index (κ2) is 4.70. The molecule has 3 aromatic rings. The molecule has 1 aromatic carbocycles. The minimum atomic E-state index is 0.236. The Hall–Kier alpha value is -2.14. The topological polar surface area (TPSA) is 55.6 Å². The standard InChI is InChI=1S/C15H14ClN5/c1-9-2-6-11(7-3-9)21-14-12(8-17-21)13(18-10-4-5-10)19-15(16)20-14/h2-3,6-8,10H,4-5H2,1H3,(H,18,19,20). The Morgan fingerprint density at radius 2 is 1.95 bits per heavy atom. The number of benzene rings is 1. The van der Waals surface area contributed by atoms with Crippen molar-refractivity contribution in [3.05, 3.63) is 41.3 Å². The molecule has 1 aliphatic carbocycles. The van der Waals surface area contributed by atoms with Crippen LogP contribution in [-0.4, -0.2) is 25.8 Å². The average molecular weight is 300 g/mol. The van der Waals surface area contributed by atoms with Crippen LogP contribution in [-0.2, 0) is 0 Å². The van der Waals surface area contributed by atoms with E-state index in [-0.39, 0.29) is 5.28 Å². The average Bonchev–Trinajstić information content (AvgIpc) is 3.17. The number of rotatable bonds is 3. The van der Waals surface area contributed by atoms with Crippen molar-refractivity contribution in [2.45, 2.75) is 25.8 Å². The van der Waals surface area contributed by atoms with E-state index < -0.39 is 0 Å². The summed E-state index contributed by atoms with van der Waals surface area (Å²) in [6.45, 7) is 2.06. The zero-order valence-electron chi connectivity index (χ0n) is 11.5. The summed E-state index contributed by atoms with van der Waals surface area (Å²) >= 11 is 6.07. The predicted octanol–water partition coefficient (Wildman–Crippen LogP) is 3.35. The number of nitrogens with zero attached hydrogens (tertiary/aromatic N) is 4. The monoisotopic (exact) mass is 299 g/mol. The molecule has 5 nitrogen and oxygen atoms in total. The Labute approximate surface area is 127 Å². The van der Waals surface area contributed by atoms with Crippen LogP contribution in [0, 0.1) is 6.92 Å². The van der Waals surface area contributed by atoms with Gasteiger partial charge in [-0.1, -0.05) is 17.7 Å². The lowest BCUT2D eigenvalue weighted by Crippen LogP contribution is -2.05. The van der Waals surface area contributed by atoms with Crippen LogP contribution in [0.15, 0.2) is 30.5 Å². The van der Waals surface area contributed by atoms with Gasteiger partial charge in [-0.25, -0.2) is 4.68 Å². The molecule has 0 unspecified atom stereocenters. The summed E-state index contributed by atoms with van der Waals surface area (Å²) < 4.78 is 1.79. The van der Waals surface area contributed by atoms with Gasteiger partial charge >= 0.3 is 0 Å². The zero-order chi connectivity index (χ0) is 14.4. The zero-order valence-corrected chi connectivity index (χ0v) is 12.3. The first kappa shape index (κ1) is 12.6. The molecular formula is C15H14ClN5. The van der Waals surface area contributed by atoms with E-state index in [2.05, 4.69) is 39.4 Å². The molecule has 1 saturated carbocycles. The number of hydrogen-bond acceptors (Lipinski definition) is 4. The molecule has 2 heterocycles. The van der Waals surface area contributed by atoms with E-state index in [1.807, 2.05) is 12.1 Å². The highest BCUT2D eigenvalue weighted by molar-refractivity contribution is 6.28. The molecule has 0 spiro atoms. The number of halogens is 1. The molecule has 0 radical (unpaired) electrons. The summed E-state index contributed by atoms with van der Waals surface area (Å²) in [5.74, 6) is 0.769. The lowest BCUT2D eigenvalue weighted by atomic mass is 10.2. The van der Waals surface area contributed by atoms with Gasteiger partial charge < -0.3 is 5.32 Å². The van der Waals surface area contributed by atoms with E-state index in [1.165, 1.54) is 18.4 Å². The van der Waals surface area contributed by atoms with Gasteiger partial charge in [-0.2, -0.15) is 15.1 Å².